The molecule has 0 bridgehead atoms. The van der Waals surface area contributed by atoms with E-state index >= 15 is 0 Å². The van der Waals surface area contributed by atoms with Crippen molar-refractivity contribution in [1.29, 1.82) is 0 Å². The molecule has 0 aliphatic heterocycles. The van der Waals surface area contributed by atoms with Gasteiger partial charge in [0, 0.05) is 26.1 Å². The molecule has 0 spiro atoms. The van der Waals surface area contributed by atoms with Gasteiger partial charge in [-0.25, -0.2) is 9.78 Å². The molecule has 0 saturated heterocycles. The van der Waals surface area contributed by atoms with Gasteiger partial charge in [0.1, 0.15) is 0 Å². The molecule has 0 aliphatic carbocycles. The van der Waals surface area contributed by atoms with Crippen molar-refractivity contribution < 1.29 is 24.2 Å². The monoisotopic (exact) mass is 274 g/mol. The van der Waals surface area contributed by atoms with Gasteiger partial charge >= 0.3 is 5.97 Å². The van der Waals surface area contributed by atoms with E-state index in [9.17, 15) is 9.59 Å². The molecule has 1 aromatic rings. The minimum Gasteiger partial charge on any atom is -0.476 e. The van der Waals surface area contributed by atoms with Gasteiger partial charge in [0.15, 0.2) is 10.7 Å². The van der Waals surface area contributed by atoms with E-state index in [4.69, 9.17) is 14.6 Å². The van der Waals surface area contributed by atoms with Crippen LogP contribution < -0.4 is 5.32 Å². The van der Waals surface area contributed by atoms with Gasteiger partial charge in [-0.15, -0.1) is 11.3 Å². The molecule has 0 radical (unpaired) electrons. The maximum Gasteiger partial charge on any atom is 0.355 e. The number of carboxylic acids is 1. The van der Waals surface area contributed by atoms with Gasteiger partial charge in [0.25, 0.3) is 5.91 Å². The second kappa shape index (κ2) is 7.04. The molecule has 1 rings (SSSR count). The number of ether oxygens (including phenoxy) is 2. The van der Waals surface area contributed by atoms with Gasteiger partial charge in [0.2, 0.25) is 0 Å². The van der Waals surface area contributed by atoms with Crippen LogP contribution in [-0.2, 0) is 9.47 Å². The molecule has 2 N–H and O–H groups in total. The van der Waals surface area contributed by atoms with Crippen molar-refractivity contribution in [3.05, 3.63) is 16.1 Å². The standard InChI is InChI=1S/C10H14N2O5S/c1-16-4-6(17-2)3-11-8(13)9-12-7(5-18-9)10(14)15/h5-6H,3-4H2,1-2H3,(H,11,13)(H,14,15). The van der Waals surface area contributed by atoms with Crippen LogP contribution in [0.1, 0.15) is 20.3 Å². The first kappa shape index (κ1) is 14.6. The number of amides is 1. The first-order chi connectivity index (χ1) is 8.58. The molecule has 0 fully saturated rings. The number of thiazole rings is 1. The first-order valence-corrected chi connectivity index (χ1v) is 5.95. The predicted octanol–water partition coefficient (Wildman–Crippen LogP) is 0.232. The lowest BCUT2D eigenvalue weighted by molar-refractivity contribution is 0.0285. The number of aromatic carboxylic acids is 1. The highest BCUT2D eigenvalue weighted by molar-refractivity contribution is 7.11. The molecule has 8 heteroatoms. The summed E-state index contributed by atoms with van der Waals surface area (Å²) in [6, 6.07) is 0. The Morgan fingerprint density at radius 3 is 2.78 bits per heavy atom. The van der Waals surface area contributed by atoms with Crippen molar-refractivity contribution >= 4 is 23.2 Å². The summed E-state index contributed by atoms with van der Waals surface area (Å²) >= 11 is 0.983. The molecule has 1 atom stereocenters. The molecular formula is C10H14N2O5S. The summed E-state index contributed by atoms with van der Waals surface area (Å²) in [7, 11) is 3.05. The lowest BCUT2D eigenvalue weighted by Crippen LogP contribution is -2.35. The van der Waals surface area contributed by atoms with Crippen molar-refractivity contribution in [3.63, 3.8) is 0 Å². The summed E-state index contributed by atoms with van der Waals surface area (Å²) in [5.74, 6) is -1.58. The van der Waals surface area contributed by atoms with Gasteiger partial charge in [-0.05, 0) is 0 Å². The van der Waals surface area contributed by atoms with Crippen LogP contribution in [0.4, 0.5) is 0 Å². The van der Waals surface area contributed by atoms with Crippen LogP contribution in [-0.4, -0.2) is 55.4 Å². The molecule has 1 amide bonds. The predicted molar refractivity (Wildman–Crippen MR) is 64.1 cm³/mol. The summed E-state index contributed by atoms with van der Waals surface area (Å²) in [6.07, 6.45) is -0.252. The van der Waals surface area contributed by atoms with Gasteiger partial charge in [-0.1, -0.05) is 0 Å². The third-order valence-corrected chi connectivity index (χ3v) is 2.93. The SMILES string of the molecule is COCC(CNC(=O)c1nc(C(=O)O)cs1)OC. The highest BCUT2D eigenvalue weighted by Crippen LogP contribution is 2.09. The van der Waals surface area contributed by atoms with E-state index in [1.54, 1.807) is 0 Å². The second-order valence-corrected chi connectivity index (χ2v) is 4.22. The molecular weight excluding hydrogens is 260 g/mol. The number of nitrogens with zero attached hydrogens (tertiary/aromatic N) is 1. The van der Waals surface area contributed by atoms with Crippen LogP contribution in [0.25, 0.3) is 0 Å². The van der Waals surface area contributed by atoms with Crippen molar-refractivity contribution in [3.8, 4) is 0 Å². The molecule has 100 valence electrons. The molecule has 18 heavy (non-hydrogen) atoms. The Morgan fingerprint density at radius 1 is 1.56 bits per heavy atom. The van der Waals surface area contributed by atoms with Crippen LogP contribution in [0.15, 0.2) is 5.38 Å². The zero-order chi connectivity index (χ0) is 13.5. The summed E-state index contributed by atoms with van der Waals surface area (Å²) in [4.78, 5) is 26.0. The minimum atomic E-state index is -1.15. The Kier molecular flexibility index (Phi) is 5.69. The number of rotatable bonds is 7. The molecule has 1 heterocycles. The van der Waals surface area contributed by atoms with Crippen molar-refractivity contribution in [2.24, 2.45) is 0 Å². The highest BCUT2D eigenvalue weighted by atomic mass is 32.1. The second-order valence-electron chi connectivity index (χ2n) is 3.37. The van der Waals surface area contributed by atoms with E-state index in [-0.39, 0.29) is 23.4 Å². The van der Waals surface area contributed by atoms with E-state index in [0.29, 0.717) is 6.61 Å². The average molecular weight is 274 g/mol. The molecule has 0 aliphatic rings. The number of methoxy groups -OCH3 is 2. The Morgan fingerprint density at radius 2 is 2.28 bits per heavy atom. The van der Waals surface area contributed by atoms with E-state index < -0.39 is 11.9 Å². The molecule has 0 aromatic carbocycles. The summed E-state index contributed by atoms with van der Waals surface area (Å²) < 4.78 is 9.97. The van der Waals surface area contributed by atoms with E-state index in [2.05, 4.69) is 10.3 Å². The lowest BCUT2D eigenvalue weighted by atomic mass is 10.3. The van der Waals surface area contributed by atoms with E-state index in [1.807, 2.05) is 0 Å². The average Bonchev–Trinajstić information content (AvgIpc) is 2.83. The number of hydrogen-bond donors (Lipinski definition) is 2. The lowest BCUT2D eigenvalue weighted by Gasteiger charge is -2.14. The third-order valence-electron chi connectivity index (χ3n) is 2.09. The van der Waals surface area contributed by atoms with E-state index in [1.165, 1.54) is 19.6 Å². The van der Waals surface area contributed by atoms with Crippen LogP contribution >= 0.6 is 11.3 Å². The van der Waals surface area contributed by atoms with Crippen LogP contribution in [0.5, 0.6) is 0 Å². The Balaban J connectivity index is 2.51. The van der Waals surface area contributed by atoms with Gasteiger partial charge in [0.05, 0.1) is 12.7 Å². The molecule has 7 nitrogen and oxygen atoms in total. The zero-order valence-corrected chi connectivity index (χ0v) is 10.8. The fourth-order valence-corrected chi connectivity index (χ4v) is 1.86. The number of carbonyl (C=O) groups is 2. The summed E-state index contributed by atoms with van der Waals surface area (Å²) in [5, 5.41) is 12.7. The molecule has 1 unspecified atom stereocenters. The normalized spacial score (nSPS) is 12.1. The largest absolute Gasteiger partial charge is 0.476 e. The maximum atomic E-state index is 11.7. The maximum absolute atomic E-state index is 11.7. The Labute approximate surface area is 108 Å². The van der Waals surface area contributed by atoms with Crippen molar-refractivity contribution in [2.45, 2.75) is 6.10 Å². The highest BCUT2D eigenvalue weighted by Gasteiger charge is 2.16. The van der Waals surface area contributed by atoms with Crippen molar-refractivity contribution in [2.75, 3.05) is 27.4 Å². The fourth-order valence-electron chi connectivity index (χ4n) is 1.15. The van der Waals surface area contributed by atoms with Crippen LogP contribution in [0, 0.1) is 0 Å². The van der Waals surface area contributed by atoms with Crippen LogP contribution in [0.2, 0.25) is 0 Å². The minimum absolute atomic E-state index is 0.111. The number of aromatic nitrogens is 1. The first-order valence-electron chi connectivity index (χ1n) is 5.07. The Hall–Kier alpha value is -1.51. The molecule has 0 saturated carbocycles. The van der Waals surface area contributed by atoms with Gasteiger partial charge in [-0.3, -0.25) is 4.79 Å². The van der Waals surface area contributed by atoms with Crippen molar-refractivity contribution in [1.82, 2.24) is 10.3 Å². The van der Waals surface area contributed by atoms with Crippen LogP contribution in [0.3, 0.4) is 0 Å². The topological polar surface area (TPSA) is 97.8 Å². The van der Waals surface area contributed by atoms with Gasteiger partial charge < -0.3 is 19.9 Å². The fraction of sp³-hybridized carbons (Fsp3) is 0.500. The number of nitrogens with one attached hydrogen (secondary N) is 1. The van der Waals surface area contributed by atoms with E-state index in [0.717, 1.165) is 11.3 Å². The smallest absolute Gasteiger partial charge is 0.355 e. The summed E-state index contributed by atoms with van der Waals surface area (Å²) in [5.41, 5.74) is -0.134. The third kappa shape index (κ3) is 4.06. The summed E-state index contributed by atoms with van der Waals surface area (Å²) in [6.45, 7) is 0.625. The Bertz CT molecular complexity index is 420. The number of carboxylic acid groups (broad SMARTS) is 1. The quantitative estimate of drug-likeness (QED) is 0.738. The van der Waals surface area contributed by atoms with Gasteiger partial charge in [-0.2, -0.15) is 0 Å². The zero-order valence-electron chi connectivity index (χ0n) is 10.0. The molecule has 1 aromatic heterocycles. The number of hydrogen-bond acceptors (Lipinski definition) is 6. The number of carbonyl (C=O) groups excluding carboxylic acids is 1.